The summed E-state index contributed by atoms with van der Waals surface area (Å²) in [6.07, 6.45) is 5.28. The first kappa shape index (κ1) is 12.0. The van der Waals surface area contributed by atoms with Crippen LogP contribution in [0.2, 0.25) is 0 Å². The van der Waals surface area contributed by atoms with Crippen molar-refractivity contribution < 1.29 is 4.74 Å². The van der Waals surface area contributed by atoms with Crippen molar-refractivity contribution in [2.24, 2.45) is 11.7 Å². The molecular formula is C14H20N2O. The zero-order valence-electron chi connectivity index (χ0n) is 10.3. The van der Waals surface area contributed by atoms with Crippen molar-refractivity contribution in [2.75, 3.05) is 6.61 Å². The predicted molar refractivity (Wildman–Crippen MR) is 69.6 cm³/mol. The number of hydrogen-bond acceptors (Lipinski definition) is 2. The molecule has 0 unspecified atom stereocenters. The van der Waals surface area contributed by atoms with Gasteiger partial charge < -0.3 is 10.5 Å². The molecule has 3 nitrogen and oxygen atoms in total. The highest BCUT2D eigenvalue weighted by Crippen LogP contribution is 2.26. The predicted octanol–water partition coefficient (Wildman–Crippen LogP) is 2.85. The maximum atomic E-state index is 7.42. The van der Waals surface area contributed by atoms with E-state index in [9.17, 15) is 0 Å². The Kier molecular flexibility index (Phi) is 3.67. The Morgan fingerprint density at radius 3 is 2.71 bits per heavy atom. The number of nitrogens with one attached hydrogen (secondary N) is 1. The van der Waals surface area contributed by atoms with E-state index < -0.39 is 0 Å². The van der Waals surface area contributed by atoms with Crippen LogP contribution >= 0.6 is 0 Å². The summed E-state index contributed by atoms with van der Waals surface area (Å²) in [4.78, 5) is 0. The minimum atomic E-state index is 0.116. The third-order valence-corrected chi connectivity index (χ3v) is 3.45. The molecule has 0 radical (unpaired) electrons. The van der Waals surface area contributed by atoms with Gasteiger partial charge in [-0.3, -0.25) is 5.41 Å². The fourth-order valence-corrected chi connectivity index (χ4v) is 2.42. The molecule has 1 saturated carbocycles. The third-order valence-electron chi connectivity index (χ3n) is 3.45. The van der Waals surface area contributed by atoms with Gasteiger partial charge in [-0.05, 0) is 49.4 Å². The van der Waals surface area contributed by atoms with E-state index >= 15 is 0 Å². The molecule has 0 saturated heterocycles. The van der Waals surface area contributed by atoms with Crippen molar-refractivity contribution in [2.45, 2.75) is 32.6 Å². The number of benzene rings is 1. The Morgan fingerprint density at radius 1 is 1.41 bits per heavy atom. The van der Waals surface area contributed by atoms with Gasteiger partial charge >= 0.3 is 0 Å². The smallest absolute Gasteiger partial charge is 0.123 e. The number of aryl methyl sites for hydroxylation is 1. The van der Waals surface area contributed by atoms with Gasteiger partial charge in [-0.25, -0.2) is 0 Å². The summed E-state index contributed by atoms with van der Waals surface area (Å²) < 4.78 is 5.79. The molecule has 0 heterocycles. The summed E-state index contributed by atoms with van der Waals surface area (Å²) in [5, 5.41) is 7.42. The molecule has 1 aromatic carbocycles. The van der Waals surface area contributed by atoms with E-state index in [1.54, 1.807) is 0 Å². The summed E-state index contributed by atoms with van der Waals surface area (Å²) in [5.41, 5.74) is 7.27. The van der Waals surface area contributed by atoms with Crippen molar-refractivity contribution in [1.29, 1.82) is 5.41 Å². The van der Waals surface area contributed by atoms with Gasteiger partial charge in [0, 0.05) is 5.56 Å². The summed E-state index contributed by atoms with van der Waals surface area (Å²) in [5.74, 6) is 1.73. The molecule has 0 bridgehead atoms. The zero-order valence-corrected chi connectivity index (χ0v) is 10.3. The Balaban J connectivity index is 1.97. The first-order valence-electron chi connectivity index (χ1n) is 6.24. The topological polar surface area (TPSA) is 59.1 Å². The van der Waals surface area contributed by atoms with Crippen LogP contribution in [0.3, 0.4) is 0 Å². The highest BCUT2D eigenvalue weighted by Gasteiger charge is 2.15. The van der Waals surface area contributed by atoms with Crippen molar-refractivity contribution in [3.05, 3.63) is 29.3 Å². The number of ether oxygens (including phenoxy) is 1. The minimum absolute atomic E-state index is 0.116. The fraction of sp³-hybridized carbons (Fsp3) is 0.500. The van der Waals surface area contributed by atoms with Crippen LogP contribution in [0.5, 0.6) is 5.75 Å². The molecule has 0 amide bonds. The van der Waals surface area contributed by atoms with E-state index in [4.69, 9.17) is 15.9 Å². The summed E-state index contributed by atoms with van der Waals surface area (Å²) in [6, 6.07) is 5.73. The second kappa shape index (κ2) is 5.21. The molecule has 1 fully saturated rings. The van der Waals surface area contributed by atoms with Crippen molar-refractivity contribution in [3.63, 3.8) is 0 Å². The fourth-order valence-electron chi connectivity index (χ4n) is 2.42. The lowest BCUT2D eigenvalue weighted by atomic mass is 10.1. The molecule has 2 rings (SSSR count). The summed E-state index contributed by atoms with van der Waals surface area (Å²) in [6.45, 7) is 2.78. The lowest BCUT2D eigenvalue weighted by molar-refractivity contribution is 0.252. The van der Waals surface area contributed by atoms with E-state index in [1.165, 1.54) is 25.7 Å². The Labute approximate surface area is 102 Å². The van der Waals surface area contributed by atoms with Gasteiger partial charge in [0.15, 0.2) is 0 Å². The highest BCUT2D eigenvalue weighted by molar-refractivity contribution is 5.96. The van der Waals surface area contributed by atoms with Crippen LogP contribution in [0.15, 0.2) is 18.2 Å². The normalized spacial score (nSPS) is 16.1. The number of nitrogen functional groups attached to an aromatic ring is 1. The Hall–Kier alpha value is -1.51. The Morgan fingerprint density at radius 2 is 2.12 bits per heavy atom. The molecule has 3 heteroatoms. The molecule has 92 valence electrons. The van der Waals surface area contributed by atoms with Crippen LogP contribution in [-0.4, -0.2) is 12.4 Å². The molecule has 3 N–H and O–H groups in total. The van der Waals surface area contributed by atoms with Crippen molar-refractivity contribution >= 4 is 5.84 Å². The van der Waals surface area contributed by atoms with Crippen LogP contribution in [-0.2, 0) is 0 Å². The van der Waals surface area contributed by atoms with Crippen LogP contribution in [0.4, 0.5) is 0 Å². The van der Waals surface area contributed by atoms with E-state index in [0.29, 0.717) is 0 Å². The Bertz CT molecular complexity index is 409. The summed E-state index contributed by atoms with van der Waals surface area (Å²) >= 11 is 0. The third kappa shape index (κ3) is 2.99. The van der Waals surface area contributed by atoms with E-state index in [-0.39, 0.29) is 5.84 Å². The van der Waals surface area contributed by atoms with Gasteiger partial charge in [0.1, 0.15) is 11.6 Å². The number of rotatable bonds is 4. The lowest BCUT2D eigenvalue weighted by Crippen LogP contribution is -2.13. The van der Waals surface area contributed by atoms with Crippen molar-refractivity contribution in [3.8, 4) is 5.75 Å². The average molecular weight is 232 g/mol. The SMILES string of the molecule is Cc1cc(OCC2CCCC2)ccc1C(=N)N. The van der Waals surface area contributed by atoms with Gasteiger partial charge in [0.05, 0.1) is 6.61 Å². The van der Waals surface area contributed by atoms with Crippen LogP contribution in [0, 0.1) is 18.3 Å². The standard InChI is InChI=1S/C14H20N2O/c1-10-8-12(6-7-13(10)14(15)16)17-9-11-4-2-3-5-11/h6-8,11H,2-5,9H2,1H3,(H3,15,16). The van der Waals surface area contributed by atoms with Gasteiger partial charge in [-0.15, -0.1) is 0 Å². The number of nitrogens with two attached hydrogens (primary N) is 1. The number of amidine groups is 1. The largest absolute Gasteiger partial charge is 0.493 e. The van der Waals surface area contributed by atoms with E-state index in [1.807, 2.05) is 25.1 Å². The lowest BCUT2D eigenvalue weighted by Gasteiger charge is -2.12. The maximum Gasteiger partial charge on any atom is 0.123 e. The molecule has 0 spiro atoms. The zero-order chi connectivity index (χ0) is 12.3. The maximum absolute atomic E-state index is 7.42. The average Bonchev–Trinajstić information content (AvgIpc) is 2.78. The first-order valence-corrected chi connectivity index (χ1v) is 6.24. The second-order valence-electron chi connectivity index (χ2n) is 4.85. The molecule has 1 aliphatic rings. The molecule has 1 aliphatic carbocycles. The van der Waals surface area contributed by atoms with Gasteiger partial charge in [-0.1, -0.05) is 12.8 Å². The molecule has 1 aromatic rings. The number of hydrogen-bond donors (Lipinski definition) is 2. The summed E-state index contributed by atoms with van der Waals surface area (Å²) in [7, 11) is 0. The molecular weight excluding hydrogens is 212 g/mol. The van der Waals surface area contributed by atoms with Gasteiger partial charge in [0.2, 0.25) is 0 Å². The molecule has 0 aliphatic heterocycles. The van der Waals surface area contributed by atoms with Gasteiger partial charge in [-0.2, -0.15) is 0 Å². The molecule has 17 heavy (non-hydrogen) atoms. The van der Waals surface area contributed by atoms with E-state index in [2.05, 4.69) is 0 Å². The van der Waals surface area contributed by atoms with Gasteiger partial charge in [0.25, 0.3) is 0 Å². The minimum Gasteiger partial charge on any atom is -0.493 e. The first-order chi connectivity index (χ1) is 8.16. The second-order valence-corrected chi connectivity index (χ2v) is 4.85. The van der Waals surface area contributed by atoms with Crippen LogP contribution in [0.25, 0.3) is 0 Å². The van der Waals surface area contributed by atoms with E-state index in [0.717, 1.165) is 29.4 Å². The highest BCUT2D eigenvalue weighted by atomic mass is 16.5. The molecule has 0 aromatic heterocycles. The van der Waals surface area contributed by atoms with Crippen LogP contribution < -0.4 is 10.5 Å². The van der Waals surface area contributed by atoms with Crippen LogP contribution in [0.1, 0.15) is 36.8 Å². The quantitative estimate of drug-likeness (QED) is 0.619. The monoisotopic (exact) mass is 232 g/mol. The van der Waals surface area contributed by atoms with Crippen molar-refractivity contribution in [1.82, 2.24) is 0 Å². The molecule has 0 atom stereocenters.